The van der Waals surface area contributed by atoms with Gasteiger partial charge in [0.1, 0.15) is 5.82 Å². The van der Waals surface area contributed by atoms with Crippen LogP contribution in [0.15, 0.2) is 24.3 Å². The molecular weight excluding hydrogens is 257 g/mol. The number of carbonyl (C=O) groups is 1. The molecule has 0 aliphatic carbocycles. The van der Waals surface area contributed by atoms with Crippen LogP contribution in [0.3, 0.4) is 0 Å². The number of nitrogens with zero attached hydrogens (tertiary/aromatic N) is 1. The van der Waals surface area contributed by atoms with Gasteiger partial charge < -0.3 is 10.0 Å². The highest BCUT2D eigenvalue weighted by atomic mass is 19.1. The van der Waals surface area contributed by atoms with E-state index in [1.54, 1.807) is 0 Å². The third-order valence-corrected chi connectivity index (χ3v) is 4.06. The molecule has 0 unspecified atom stereocenters. The number of aliphatic hydroxyl groups is 1. The van der Waals surface area contributed by atoms with E-state index < -0.39 is 0 Å². The van der Waals surface area contributed by atoms with E-state index in [0.717, 1.165) is 25.9 Å². The fourth-order valence-corrected chi connectivity index (χ4v) is 2.79. The number of ketones is 1. The minimum atomic E-state index is -0.323. The van der Waals surface area contributed by atoms with Crippen molar-refractivity contribution in [3.05, 3.63) is 35.6 Å². The molecule has 110 valence electrons. The number of Topliss-reactive ketones (excluding diaryl/α,β-unsaturated/α-hetero) is 1. The van der Waals surface area contributed by atoms with E-state index in [-0.39, 0.29) is 23.6 Å². The second-order valence-corrected chi connectivity index (χ2v) is 6.03. The van der Waals surface area contributed by atoms with E-state index in [9.17, 15) is 14.3 Å². The Labute approximate surface area is 119 Å². The summed E-state index contributed by atoms with van der Waals surface area (Å²) in [5.41, 5.74) is 0.519. The first kappa shape index (κ1) is 15.1. The molecule has 0 bridgehead atoms. The van der Waals surface area contributed by atoms with Crippen molar-refractivity contribution in [2.75, 3.05) is 26.2 Å². The Morgan fingerprint density at radius 1 is 1.40 bits per heavy atom. The van der Waals surface area contributed by atoms with Crippen LogP contribution in [0.4, 0.5) is 4.39 Å². The molecule has 1 N–H and O–H groups in total. The highest BCUT2D eigenvalue weighted by Gasteiger charge is 2.30. The maximum atomic E-state index is 12.8. The van der Waals surface area contributed by atoms with Crippen LogP contribution in [0, 0.1) is 11.2 Å². The number of carbonyl (C=O) groups excluding carboxylic acids is 1. The summed E-state index contributed by atoms with van der Waals surface area (Å²) >= 11 is 0. The first-order chi connectivity index (χ1) is 9.52. The van der Waals surface area contributed by atoms with Crippen LogP contribution >= 0.6 is 0 Å². The third kappa shape index (κ3) is 3.87. The van der Waals surface area contributed by atoms with Gasteiger partial charge >= 0.3 is 0 Å². The van der Waals surface area contributed by atoms with Gasteiger partial charge in [-0.1, -0.05) is 6.92 Å². The molecule has 1 aliphatic rings. The molecule has 1 aliphatic heterocycles. The topological polar surface area (TPSA) is 40.5 Å². The molecule has 2 rings (SSSR count). The SMILES string of the molecule is C[C@@]1(CO)CCCN(CCC(=O)c2ccc(F)cc2)C1. The van der Waals surface area contributed by atoms with Crippen molar-refractivity contribution in [2.24, 2.45) is 5.41 Å². The summed E-state index contributed by atoms with van der Waals surface area (Å²) in [6.45, 7) is 4.79. The van der Waals surface area contributed by atoms with Gasteiger partial charge in [-0.3, -0.25) is 4.79 Å². The average Bonchev–Trinajstić information content (AvgIpc) is 2.46. The standard InChI is InChI=1S/C16H22FNO2/c1-16(12-19)8-2-9-18(11-16)10-7-15(20)13-3-5-14(17)6-4-13/h3-6,19H,2,7-12H2,1H3/t16-/m1/s1. The summed E-state index contributed by atoms with van der Waals surface area (Å²) < 4.78 is 12.8. The average molecular weight is 279 g/mol. The number of benzene rings is 1. The zero-order valence-electron chi connectivity index (χ0n) is 11.9. The lowest BCUT2D eigenvalue weighted by Crippen LogP contribution is -2.44. The van der Waals surface area contributed by atoms with Crippen molar-refractivity contribution >= 4 is 5.78 Å². The molecular formula is C16H22FNO2. The number of hydrogen-bond acceptors (Lipinski definition) is 3. The zero-order chi connectivity index (χ0) is 14.6. The lowest BCUT2D eigenvalue weighted by Gasteiger charge is -2.39. The summed E-state index contributed by atoms with van der Waals surface area (Å²) in [6.07, 6.45) is 2.53. The highest BCUT2D eigenvalue weighted by Crippen LogP contribution is 2.28. The Balaban J connectivity index is 1.85. The van der Waals surface area contributed by atoms with Crippen molar-refractivity contribution in [1.82, 2.24) is 4.90 Å². The molecule has 0 aromatic heterocycles. The van der Waals surface area contributed by atoms with E-state index >= 15 is 0 Å². The lowest BCUT2D eigenvalue weighted by atomic mass is 9.83. The van der Waals surface area contributed by atoms with Gasteiger partial charge in [-0.15, -0.1) is 0 Å². The maximum Gasteiger partial charge on any atom is 0.164 e. The summed E-state index contributed by atoms with van der Waals surface area (Å²) in [7, 11) is 0. The zero-order valence-corrected chi connectivity index (χ0v) is 11.9. The maximum absolute atomic E-state index is 12.8. The largest absolute Gasteiger partial charge is 0.396 e. The molecule has 0 saturated carbocycles. The Bertz CT molecular complexity index is 460. The van der Waals surface area contributed by atoms with Gasteiger partial charge in [0.15, 0.2) is 5.78 Å². The van der Waals surface area contributed by atoms with Gasteiger partial charge in [-0.2, -0.15) is 0 Å². The summed E-state index contributed by atoms with van der Waals surface area (Å²) in [6, 6.07) is 5.70. The third-order valence-electron chi connectivity index (χ3n) is 4.06. The fourth-order valence-electron chi connectivity index (χ4n) is 2.79. The first-order valence-electron chi connectivity index (χ1n) is 7.14. The molecule has 1 saturated heterocycles. The molecule has 1 fully saturated rings. The fraction of sp³-hybridized carbons (Fsp3) is 0.562. The Kier molecular flexibility index (Phi) is 4.89. The van der Waals surface area contributed by atoms with Crippen LogP contribution in [0.1, 0.15) is 36.5 Å². The van der Waals surface area contributed by atoms with Crippen LogP contribution in [0.5, 0.6) is 0 Å². The minimum Gasteiger partial charge on any atom is -0.396 e. The van der Waals surface area contributed by atoms with E-state index in [1.807, 2.05) is 0 Å². The van der Waals surface area contributed by atoms with Gasteiger partial charge in [0.25, 0.3) is 0 Å². The normalized spacial score (nSPS) is 23.8. The number of halogens is 1. The predicted octanol–water partition coefficient (Wildman–Crippen LogP) is 2.49. The summed E-state index contributed by atoms with van der Waals surface area (Å²) in [5.74, 6) is -0.280. The number of aliphatic hydroxyl groups excluding tert-OH is 1. The smallest absolute Gasteiger partial charge is 0.164 e. The van der Waals surface area contributed by atoms with Gasteiger partial charge in [0.05, 0.1) is 0 Å². The van der Waals surface area contributed by atoms with Crippen LogP contribution in [0.2, 0.25) is 0 Å². The van der Waals surface area contributed by atoms with Gasteiger partial charge in [0, 0.05) is 37.1 Å². The molecule has 1 heterocycles. The van der Waals surface area contributed by atoms with Crippen molar-refractivity contribution < 1.29 is 14.3 Å². The number of likely N-dealkylation sites (tertiary alicyclic amines) is 1. The van der Waals surface area contributed by atoms with Crippen molar-refractivity contribution in [3.8, 4) is 0 Å². The molecule has 1 aromatic rings. The minimum absolute atomic E-state index is 0.0428. The number of piperidine rings is 1. The second kappa shape index (κ2) is 6.46. The lowest BCUT2D eigenvalue weighted by molar-refractivity contribution is 0.0455. The van der Waals surface area contributed by atoms with E-state index in [2.05, 4.69) is 11.8 Å². The van der Waals surface area contributed by atoms with Crippen molar-refractivity contribution in [2.45, 2.75) is 26.2 Å². The van der Waals surface area contributed by atoms with Gasteiger partial charge in [-0.05, 0) is 43.7 Å². The Morgan fingerprint density at radius 3 is 2.75 bits per heavy atom. The van der Waals surface area contributed by atoms with E-state index in [0.29, 0.717) is 18.5 Å². The van der Waals surface area contributed by atoms with Crippen LogP contribution in [-0.4, -0.2) is 42.0 Å². The van der Waals surface area contributed by atoms with E-state index in [4.69, 9.17) is 0 Å². The second-order valence-electron chi connectivity index (χ2n) is 6.03. The Hall–Kier alpha value is -1.26. The molecule has 0 amide bonds. The monoisotopic (exact) mass is 279 g/mol. The number of hydrogen-bond donors (Lipinski definition) is 1. The van der Waals surface area contributed by atoms with Crippen molar-refractivity contribution in [1.29, 1.82) is 0 Å². The molecule has 1 aromatic carbocycles. The summed E-state index contributed by atoms with van der Waals surface area (Å²) in [5, 5.41) is 9.42. The molecule has 3 nitrogen and oxygen atoms in total. The molecule has 4 heteroatoms. The molecule has 20 heavy (non-hydrogen) atoms. The molecule has 0 spiro atoms. The van der Waals surface area contributed by atoms with Crippen LogP contribution in [-0.2, 0) is 0 Å². The molecule has 0 radical (unpaired) electrons. The molecule has 1 atom stereocenters. The van der Waals surface area contributed by atoms with Gasteiger partial charge in [-0.25, -0.2) is 4.39 Å². The van der Waals surface area contributed by atoms with Crippen molar-refractivity contribution in [3.63, 3.8) is 0 Å². The van der Waals surface area contributed by atoms with E-state index in [1.165, 1.54) is 24.3 Å². The summed E-state index contributed by atoms with van der Waals surface area (Å²) in [4.78, 5) is 14.3. The number of rotatable bonds is 5. The predicted molar refractivity (Wildman–Crippen MR) is 76.2 cm³/mol. The van der Waals surface area contributed by atoms with Gasteiger partial charge in [0.2, 0.25) is 0 Å². The Morgan fingerprint density at radius 2 is 2.10 bits per heavy atom. The first-order valence-corrected chi connectivity index (χ1v) is 7.14. The quantitative estimate of drug-likeness (QED) is 0.842. The van der Waals surface area contributed by atoms with Crippen LogP contribution < -0.4 is 0 Å². The highest BCUT2D eigenvalue weighted by molar-refractivity contribution is 5.96. The van der Waals surface area contributed by atoms with Crippen LogP contribution in [0.25, 0.3) is 0 Å².